The molecule has 0 fully saturated rings. The summed E-state index contributed by atoms with van der Waals surface area (Å²) in [6.45, 7) is 9.21. The van der Waals surface area contributed by atoms with Gasteiger partial charge < -0.3 is 4.74 Å². The maximum atomic E-state index is 6.25. The molecule has 0 N–H and O–H groups in total. The van der Waals surface area contributed by atoms with Gasteiger partial charge in [-0.05, 0) is 48.3 Å². The molecule has 0 heterocycles. The summed E-state index contributed by atoms with van der Waals surface area (Å²) >= 11 is 10.6. The van der Waals surface area contributed by atoms with E-state index >= 15 is 0 Å². The molecule has 0 aliphatic carbocycles. The first-order chi connectivity index (χ1) is 8.49. The van der Waals surface area contributed by atoms with Gasteiger partial charge in [0.15, 0.2) is 0 Å². The minimum atomic E-state index is 0.410. The molecule has 102 valence electrons. The third-order valence-electron chi connectivity index (χ3n) is 3.23. The van der Waals surface area contributed by atoms with Gasteiger partial charge in [0.25, 0.3) is 0 Å². The number of thiol groups is 1. The lowest BCUT2D eigenvalue weighted by Crippen LogP contribution is -2.13. The van der Waals surface area contributed by atoms with E-state index < -0.39 is 0 Å². The number of aryl methyl sites for hydroxylation is 1. The van der Waals surface area contributed by atoms with Crippen molar-refractivity contribution in [3.8, 4) is 5.75 Å². The fourth-order valence-corrected chi connectivity index (χ4v) is 2.57. The van der Waals surface area contributed by atoms with Crippen molar-refractivity contribution >= 4 is 24.2 Å². The second-order valence-electron chi connectivity index (χ2n) is 5.06. The molecule has 0 aliphatic heterocycles. The SMILES string of the molecule is CCC(CS)COc1cc(C(C)C)c(Cl)cc1C. The molecule has 3 heteroatoms. The van der Waals surface area contributed by atoms with Gasteiger partial charge in [0.05, 0.1) is 6.61 Å². The maximum absolute atomic E-state index is 6.25. The summed E-state index contributed by atoms with van der Waals surface area (Å²) in [6.07, 6.45) is 1.09. The molecule has 0 saturated heterocycles. The van der Waals surface area contributed by atoms with Gasteiger partial charge in [0.1, 0.15) is 5.75 Å². The fraction of sp³-hybridized carbons (Fsp3) is 0.600. The van der Waals surface area contributed by atoms with Crippen molar-refractivity contribution in [3.63, 3.8) is 0 Å². The summed E-state index contributed by atoms with van der Waals surface area (Å²) in [5.74, 6) is 2.72. The minimum absolute atomic E-state index is 0.410. The Morgan fingerprint density at radius 3 is 2.50 bits per heavy atom. The van der Waals surface area contributed by atoms with Crippen molar-refractivity contribution in [1.29, 1.82) is 0 Å². The zero-order valence-corrected chi connectivity index (χ0v) is 13.3. The van der Waals surface area contributed by atoms with E-state index in [2.05, 4.69) is 39.5 Å². The van der Waals surface area contributed by atoms with Crippen LogP contribution in [0.2, 0.25) is 5.02 Å². The molecule has 1 nitrogen and oxygen atoms in total. The molecule has 0 amide bonds. The van der Waals surface area contributed by atoms with Crippen LogP contribution in [0.5, 0.6) is 5.75 Å². The Labute approximate surface area is 121 Å². The van der Waals surface area contributed by atoms with E-state index in [1.165, 1.54) is 0 Å². The summed E-state index contributed by atoms with van der Waals surface area (Å²) in [4.78, 5) is 0. The monoisotopic (exact) mass is 286 g/mol. The third-order valence-corrected chi connectivity index (χ3v) is 4.07. The lowest BCUT2D eigenvalue weighted by molar-refractivity contribution is 0.258. The molecule has 1 rings (SSSR count). The van der Waals surface area contributed by atoms with Gasteiger partial charge in [-0.15, -0.1) is 0 Å². The van der Waals surface area contributed by atoms with Crippen LogP contribution in [0, 0.1) is 12.8 Å². The van der Waals surface area contributed by atoms with Crippen molar-refractivity contribution in [2.75, 3.05) is 12.4 Å². The van der Waals surface area contributed by atoms with Gasteiger partial charge in [0, 0.05) is 10.9 Å². The highest BCUT2D eigenvalue weighted by Gasteiger charge is 2.11. The summed E-state index contributed by atoms with van der Waals surface area (Å²) in [7, 11) is 0. The zero-order chi connectivity index (χ0) is 13.7. The Morgan fingerprint density at radius 2 is 2.00 bits per heavy atom. The number of halogens is 1. The van der Waals surface area contributed by atoms with Crippen LogP contribution in [-0.2, 0) is 0 Å². The van der Waals surface area contributed by atoms with Gasteiger partial charge in [-0.3, -0.25) is 0 Å². The van der Waals surface area contributed by atoms with Crippen LogP contribution in [0.3, 0.4) is 0 Å². The van der Waals surface area contributed by atoms with Crippen LogP contribution in [0.25, 0.3) is 0 Å². The number of benzene rings is 1. The molecule has 18 heavy (non-hydrogen) atoms. The Kier molecular flexibility index (Phi) is 6.37. The molecule has 1 atom stereocenters. The second-order valence-corrected chi connectivity index (χ2v) is 5.83. The zero-order valence-electron chi connectivity index (χ0n) is 11.7. The topological polar surface area (TPSA) is 9.23 Å². The number of ether oxygens (including phenoxy) is 1. The molecule has 0 spiro atoms. The van der Waals surface area contributed by atoms with Crippen LogP contribution in [-0.4, -0.2) is 12.4 Å². The standard InChI is InChI=1S/C15H23ClOS/c1-5-12(9-18)8-17-15-7-13(10(2)3)14(16)6-11(15)4/h6-7,10,12,18H,5,8-9H2,1-4H3. The Morgan fingerprint density at radius 1 is 1.33 bits per heavy atom. The third kappa shape index (κ3) is 4.10. The highest BCUT2D eigenvalue weighted by molar-refractivity contribution is 7.80. The molecule has 1 unspecified atom stereocenters. The van der Waals surface area contributed by atoms with E-state index in [9.17, 15) is 0 Å². The average Bonchev–Trinajstić information content (AvgIpc) is 2.32. The molecule has 0 saturated carbocycles. The summed E-state index contributed by atoms with van der Waals surface area (Å²) in [5, 5.41) is 0.830. The highest BCUT2D eigenvalue weighted by Crippen LogP contribution is 2.31. The van der Waals surface area contributed by atoms with Gasteiger partial charge in [-0.25, -0.2) is 0 Å². The summed E-state index contributed by atoms with van der Waals surface area (Å²) < 4.78 is 5.92. The van der Waals surface area contributed by atoms with E-state index in [0.717, 1.165) is 40.7 Å². The largest absolute Gasteiger partial charge is 0.493 e. The van der Waals surface area contributed by atoms with E-state index in [0.29, 0.717) is 11.8 Å². The molecular formula is C15H23ClOS. The van der Waals surface area contributed by atoms with Gasteiger partial charge in [0.2, 0.25) is 0 Å². The van der Waals surface area contributed by atoms with Gasteiger partial charge >= 0.3 is 0 Å². The maximum Gasteiger partial charge on any atom is 0.122 e. The fourth-order valence-electron chi connectivity index (χ4n) is 1.77. The van der Waals surface area contributed by atoms with Crippen LogP contribution >= 0.6 is 24.2 Å². The number of hydrogen-bond acceptors (Lipinski definition) is 2. The number of hydrogen-bond donors (Lipinski definition) is 1. The van der Waals surface area contributed by atoms with Crippen molar-refractivity contribution in [2.45, 2.75) is 40.0 Å². The Hall–Kier alpha value is -0.340. The summed E-state index contributed by atoms with van der Waals surface area (Å²) in [5.41, 5.74) is 2.25. The van der Waals surface area contributed by atoms with Gasteiger partial charge in [-0.1, -0.05) is 32.4 Å². The lowest BCUT2D eigenvalue weighted by atomic mass is 10.0. The quantitative estimate of drug-likeness (QED) is 0.715. The van der Waals surface area contributed by atoms with E-state index in [-0.39, 0.29) is 0 Å². The predicted molar refractivity (Wildman–Crippen MR) is 83.4 cm³/mol. The smallest absolute Gasteiger partial charge is 0.122 e. The Bertz CT molecular complexity index is 386. The van der Waals surface area contributed by atoms with Crippen LogP contribution in [0.4, 0.5) is 0 Å². The van der Waals surface area contributed by atoms with Crippen LogP contribution < -0.4 is 4.74 Å². The van der Waals surface area contributed by atoms with E-state index in [1.807, 2.05) is 13.0 Å². The highest BCUT2D eigenvalue weighted by atomic mass is 35.5. The molecule has 1 aromatic rings. The van der Waals surface area contributed by atoms with Crippen LogP contribution in [0.15, 0.2) is 12.1 Å². The average molecular weight is 287 g/mol. The Balaban J connectivity index is 2.85. The predicted octanol–water partition coefficient (Wildman–Crippen LogP) is 5.11. The molecule has 0 aromatic heterocycles. The summed E-state index contributed by atoms with van der Waals surface area (Å²) in [6, 6.07) is 4.07. The first kappa shape index (κ1) is 15.7. The molecule has 1 aromatic carbocycles. The van der Waals surface area contributed by atoms with E-state index in [1.54, 1.807) is 0 Å². The molecule has 0 aliphatic rings. The molecule has 0 radical (unpaired) electrons. The van der Waals surface area contributed by atoms with Gasteiger partial charge in [-0.2, -0.15) is 12.6 Å². The first-order valence-electron chi connectivity index (χ1n) is 6.53. The lowest BCUT2D eigenvalue weighted by Gasteiger charge is -2.17. The second kappa shape index (κ2) is 7.30. The normalized spacial score (nSPS) is 12.8. The van der Waals surface area contributed by atoms with Crippen molar-refractivity contribution in [1.82, 2.24) is 0 Å². The van der Waals surface area contributed by atoms with Crippen molar-refractivity contribution < 1.29 is 4.74 Å². The molecular weight excluding hydrogens is 264 g/mol. The first-order valence-corrected chi connectivity index (χ1v) is 7.54. The van der Waals surface area contributed by atoms with Crippen molar-refractivity contribution in [2.24, 2.45) is 5.92 Å². The van der Waals surface area contributed by atoms with Crippen LogP contribution in [0.1, 0.15) is 44.2 Å². The minimum Gasteiger partial charge on any atom is -0.493 e. The van der Waals surface area contributed by atoms with Crippen molar-refractivity contribution in [3.05, 3.63) is 28.3 Å². The number of rotatable bonds is 6. The van der Waals surface area contributed by atoms with E-state index in [4.69, 9.17) is 16.3 Å². The molecule has 0 bridgehead atoms.